The third-order valence-electron chi connectivity index (χ3n) is 8.50. The van der Waals surface area contributed by atoms with Crippen LogP contribution in [-0.4, -0.2) is 57.8 Å². The zero-order valence-corrected chi connectivity index (χ0v) is 29.7. The molecule has 2 N–H and O–H groups in total. The summed E-state index contributed by atoms with van der Waals surface area (Å²) in [5.74, 6) is 3.36. The van der Waals surface area contributed by atoms with Crippen molar-refractivity contribution in [3.05, 3.63) is 121 Å². The molecule has 50 heavy (non-hydrogen) atoms. The van der Waals surface area contributed by atoms with Gasteiger partial charge in [0.2, 0.25) is 6.33 Å². The highest BCUT2D eigenvalue weighted by atomic mass is 32.2. The van der Waals surface area contributed by atoms with Crippen LogP contribution in [0.25, 0.3) is 28.5 Å². The maximum atomic E-state index is 5.34. The maximum Gasteiger partial charge on any atom is 0.246 e. The molecule has 0 bridgehead atoms. The predicted molar refractivity (Wildman–Crippen MR) is 196 cm³/mol. The molecule has 3 aromatic carbocycles. The average Bonchev–Trinajstić information content (AvgIpc) is 3.99. The molecule has 0 atom stereocenters. The van der Waals surface area contributed by atoms with Gasteiger partial charge in [-0.2, -0.15) is 4.57 Å². The monoisotopic (exact) mass is 703 g/mol. The van der Waals surface area contributed by atoms with Gasteiger partial charge < -0.3 is 18.9 Å². The van der Waals surface area contributed by atoms with Crippen LogP contribution in [0.3, 0.4) is 0 Å². The van der Waals surface area contributed by atoms with Crippen LogP contribution in [0.5, 0.6) is 5.75 Å². The molecule has 0 amide bonds. The first-order valence-corrected chi connectivity index (χ1v) is 18.8. The van der Waals surface area contributed by atoms with E-state index >= 15 is 0 Å². The van der Waals surface area contributed by atoms with E-state index in [9.17, 15) is 0 Å². The van der Waals surface area contributed by atoms with E-state index in [0.717, 1.165) is 94.7 Å². The van der Waals surface area contributed by atoms with Gasteiger partial charge in [-0.1, -0.05) is 66.0 Å². The molecule has 254 valence electrons. The molecular formula is C37H39N10OS2+. The van der Waals surface area contributed by atoms with Crippen LogP contribution in [0.2, 0.25) is 0 Å². The minimum atomic E-state index is 0.777. The highest BCUT2D eigenvalue weighted by Crippen LogP contribution is 2.28. The normalized spacial score (nSPS) is 11.3. The number of nitrogens with one attached hydrogen (secondary N) is 2. The number of methoxy groups -OCH3 is 1. The van der Waals surface area contributed by atoms with E-state index in [0.29, 0.717) is 0 Å². The van der Waals surface area contributed by atoms with Gasteiger partial charge >= 0.3 is 0 Å². The standard InChI is InChI=1S/C37H38N10OS2/c1-48-33-17-15-29(16-18-33)35-41-43-36(49-2)45(35)20-8-14-32-23-39-26-47(32)31-13-6-9-27(21-31)24-50-37-44-42-34(28-10-4-3-5-11-28)46(37)19-7-12-30-22-38-25-40-30/h3-6,9-11,13,15-18,21-23,25-26H,7-8,12,14,19-20,24H2,1-2H3,(H,38,40)/p+1. The number of hydrogen-bond acceptors (Lipinski definition) is 8. The molecule has 0 fully saturated rings. The van der Waals surface area contributed by atoms with Crippen molar-refractivity contribution in [2.45, 2.75) is 54.8 Å². The van der Waals surface area contributed by atoms with Crippen molar-refractivity contribution >= 4 is 23.5 Å². The summed E-state index contributed by atoms with van der Waals surface area (Å²) in [7, 11) is 1.68. The van der Waals surface area contributed by atoms with Gasteiger partial charge in [0.1, 0.15) is 23.3 Å². The Labute approximate surface area is 299 Å². The van der Waals surface area contributed by atoms with E-state index < -0.39 is 0 Å². The van der Waals surface area contributed by atoms with Gasteiger partial charge in [-0.05, 0) is 67.5 Å². The zero-order valence-electron chi connectivity index (χ0n) is 28.1. The molecule has 0 saturated heterocycles. The minimum Gasteiger partial charge on any atom is -0.497 e. The lowest BCUT2D eigenvalue weighted by Crippen LogP contribution is -2.32. The van der Waals surface area contributed by atoms with E-state index in [2.05, 4.69) is 91.6 Å². The molecule has 11 nitrogen and oxygen atoms in total. The second-order valence-electron chi connectivity index (χ2n) is 11.7. The van der Waals surface area contributed by atoms with Crippen LogP contribution in [0.4, 0.5) is 0 Å². The number of hydrogen-bond donors (Lipinski definition) is 2. The van der Waals surface area contributed by atoms with Crippen molar-refractivity contribution < 1.29 is 9.30 Å². The third-order valence-corrected chi connectivity index (χ3v) is 10.2. The van der Waals surface area contributed by atoms with E-state index in [4.69, 9.17) is 4.74 Å². The fourth-order valence-corrected chi connectivity index (χ4v) is 7.42. The molecule has 4 aromatic heterocycles. The lowest BCUT2D eigenvalue weighted by Gasteiger charge is -2.11. The molecule has 4 heterocycles. The molecule has 13 heteroatoms. The van der Waals surface area contributed by atoms with Gasteiger partial charge in [0.15, 0.2) is 22.0 Å². The first kappa shape index (κ1) is 33.4. The summed E-state index contributed by atoms with van der Waals surface area (Å²) in [4.78, 5) is 10.8. The number of thioether (sulfide) groups is 2. The number of aromatic nitrogens is 10. The van der Waals surface area contributed by atoms with Crippen LogP contribution in [0.1, 0.15) is 29.8 Å². The van der Waals surface area contributed by atoms with E-state index in [1.165, 1.54) is 11.3 Å². The Morgan fingerprint density at radius 1 is 0.760 bits per heavy atom. The van der Waals surface area contributed by atoms with Crippen LogP contribution < -0.4 is 9.30 Å². The first-order valence-electron chi connectivity index (χ1n) is 16.6. The molecule has 0 aliphatic rings. The first-order chi connectivity index (χ1) is 24.7. The summed E-state index contributed by atoms with van der Waals surface area (Å²) >= 11 is 3.33. The van der Waals surface area contributed by atoms with Crippen LogP contribution in [0.15, 0.2) is 114 Å². The number of ether oxygens (including phenoxy) is 1. The number of aryl methyl sites for hydroxylation is 2. The molecule has 0 spiro atoms. The number of rotatable bonds is 16. The van der Waals surface area contributed by atoms with Crippen molar-refractivity contribution in [3.8, 4) is 34.2 Å². The molecular weight excluding hydrogens is 665 g/mol. The van der Waals surface area contributed by atoms with E-state index in [-0.39, 0.29) is 0 Å². The second kappa shape index (κ2) is 16.0. The SMILES string of the molecule is COc1ccc(-c2nnc(SC)n2CCCc2c[nH]c[n+]2-c2cccc(CSc3nnc(-c4ccccc4)n3CCCc3c[nH]cn3)c2)cc1. The van der Waals surface area contributed by atoms with E-state index in [1.807, 2.05) is 61.2 Å². The molecule has 0 radical (unpaired) electrons. The number of aromatic amines is 2. The smallest absolute Gasteiger partial charge is 0.246 e. The molecule has 7 aromatic rings. The summed E-state index contributed by atoms with van der Waals surface area (Å²) in [5.41, 5.74) is 6.71. The number of benzene rings is 3. The summed E-state index contributed by atoms with van der Waals surface area (Å²) < 4.78 is 12.0. The largest absolute Gasteiger partial charge is 0.497 e. The quantitative estimate of drug-likeness (QED) is 0.0832. The van der Waals surface area contributed by atoms with Gasteiger partial charge in [0, 0.05) is 42.6 Å². The molecule has 0 unspecified atom stereocenters. The fourth-order valence-electron chi connectivity index (χ4n) is 5.99. The van der Waals surface area contributed by atoms with Crippen molar-refractivity contribution in [3.63, 3.8) is 0 Å². The molecule has 7 rings (SSSR count). The Hall–Kier alpha value is -5.14. The highest BCUT2D eigenvalue weighted by Gasteiger charge is 2.18. The Morgan fingerprint density at radius 2 is 1.50 bits per heavy atom. The Balaban J connectivity index is 1.03. The lowest BCUT2D eigenvalue weighted by molar-refractivity contribution is -0.602. The zero-order chi connectivity index (χ0) is 34.1. The van der Waals surface area contributed by atoms with Gasteiger partial charge in [0.05, 0.1) is 19.1 Å². The predicted octanol–water partition coefficient (Wildman–Crippen LogP) is 6.82. The summed E-state index contributed by atoms with van der Waals surface area (Å²) in [6.07, 6.45) is 13.5. The van der Waals surface area contributed by atoms with Crippen molar-refractivity contribution in [1.29, 1.82) is 0 Å². The molecule has 0 aliphatic heterocycles. The van der Waals surface area contributed by atoms with Gasteiger partial charge in [0.25, 0.3) is 0 Å². The average molecular weight is 704 g/mol. The summed E-state index contributed by atoms with van der Waals surface area (Å²) in [6, 6.07) is 27.0. The number of imidazole rings is 2. The van der Waals surface area contributed by atoms with Crippen molar-refractivity contribution in [1.82, 2.24) is 44.5 Å². The van der Waals surface area contributed by atoms with Gasteiger partial charge in [-0.3, -0.25) is 0 Å². The number of H-pyrrole nitrogens is 2. The Kier molecular flexibility index (Phi) is 10.7. The fraction of sp³-hybridized carbons (Fsp3) is 0.243. The molecule has 0 saturated carbocycles. The van der Waals surface area contributed by atoms with Crippen molar-refractivity contribution in [2.75, 3.05) is 13.4 Å². The van der Waals surface area contributed by atoms with Crippen LogP contribution >= 0.6 is 23.5 Å². The summed E-state index contributed by atoms with van der Waals surface area (Å²) in [5, 5.41) is 20.0. The Bertz CT molecular complexity index is 2100. The second-order valence-corrected chi connectivity index (χ2v) is 13.5. The van der Waals surface area contributed by atoms with Crippen molar-refractivity contribution in [2.24, 2.45) is 0 Å². The van der Waals surface area contributed by atoms with Crippen LogP contribution in [-0.2, 0) is 31.7 Å². The van der Waals surface area contributed by atoms with Gasteiger partial charge in [-0.15, -0.1) is 20.4 Å². The topological polar surface area (TPSA) is 119 Å². The lowest BCUT2D eigenvalue weighted by atomic mass is 10.2. The van der Waals surface area contributed by atoms with E-state index in [1.54, 1.807) is 37.0 Å². The highest BCUT2D eigenvalue weighted by molar-refractivity contribution is 7.98. The third kappa shape index (κ3) is 7.68. The number of nitrogens with zero attached hydrogens (tertiary/aromatic N) is 8. The van der Waals surface area contributed by atoms with Crippen LogP contribution in [0, 0.1) is 0 Å². The molecule has 0 aliphatic carbocycles. The van der Waals surface area contributed by atoms with Gasteiger partial charge in [-0.25, -0.2) is 9.97 Å². The Morgan fingerprint density at radius 3 is 2.24 bits per heavy atom. The minimum absolute atomic E-state index is 0.777. The maximum absolute atomic E-state index is 5.34. The summed E-state index contributed by atoms with van der Waals surface area (Å²) in [6.45, 7) is 1.62.